The lowest BCUT2D eigenvalue weighted by Crippen LogP contribution is -2.32. The molecule has 0 aliphatic carbocycles. The maximum absolute atomic E-state index is 10.9. The fraction of sp³-hybridized carbons (Fsp3) is 0.545. The van der Waals surface area contributed by atoms with Crippen LogP contribution in [-0.4, -0.2) is 11.5 Å². The Morgan fingerprint density at radius 3 is 2.79 bits per heavy atom. The monoisotopic (exact) mass is 192 g/mol. The fourth-order valence-corrected chi connectivity index (χ4v) is 1.92. The van der Waals surface area contributed by atoms with Crippen LogP contribution in [0, 0.1) is 5.92 Å². The number of nitrogens with one attached hydrogen (secondary N) is 2. The largest absolute Gasteiger partial charge is 0.329 e. The van der Waals surface area contributed by atoms with Gasteiger partial charge in [-0.3, -0.25) is 4.79 Å². The minimum absolute atomic E-state index is 0.0297. The van der Waals surface area contributed by atoms with Crippen molar-refractivity contribution >= 4 is 0 Å². The molecule has 0 bridgehead atoms. The number of rotatable bonds is 1. The molecule has 3 nitrogen and oxygen atoms in total. The van der Waals surface area contributed by atoms with E-state index in [1.54, 1.807) is 6.07 Å². The number of hydrogen-bond acceptors (Lipinski definition) is 2. The van der Waals surface area contributed by atoms with Gasteiger partial charge in [0.1, 0.15) is 0 Å². The average Bonchev–Trinajstić information content (AvgIpc) is 2.21. The standard InChI is InChI=1S/C11H16N2O/c1-8-2-4-10(12-6-8)9-3-5-11(14)13-7-9/h3,5,7-8,10,12H,2,4,6H2,1H3,(H,13,14). The first kappa shape index (κ1) is 9.46. The Morgan fingerprint density at radius 1 is 1.36 bits per heavy atom. The van der Waals surface area contributed by atoms with E-state index in [0.29, 0.717) is 6.04 Å². The van der Waals surface area contributed by atoms with Crippen LogP contribution in [0.15, 0.2) is 23.1 Å². The molecule has 2 unspecified atom stereocenters. The highest BCUT2D eigenvalue weighted by atomic mass is 16.1. The normalized spacial score (nSPS) is 27.5. The number of aromatic amines is 1. The van der Waals surface area contributed by atoms with Gasteiger partial charge in [0, 0.05) is 18.3 Å². The smallest absolute Gasteiger partial charge is 0.247 e. The van der Waals surface area contributed by atoms with Crippen LogP contribution in [-0.2, 0) is 0 Å². The molecule has 1 saturated heterocycles. The third-order valence-corrected chi connectivity index (χ3v) is 2.87. The molecule has 1 fully saturated rings. The predicted molar refractivity (Wildman–Crippen MR) is 56.2 cm³/mol. The van der Waals surface area contributed by atoms with E-state index in [-0.39, 0.29) is 5.56 Å². The molecule has 2 N–H and O–H groups in total. The van der Waals surface area contributed by atoms with Crippen molar-refractivity contribution in [1.29, 1.82) is 0 Å². The molecule has 0 spiro atoms. The molecule has 14 heavy (non-hydrogen) atoms. The topological polar surface area (TPSA) is 44.9 Å². The summed E-state index contributed by atoms with van der Waals surface area (Å²) in [6, 6.07) is 3.92. The van der Waals surface area contributed by atoms with Crippen molar-refractivity contribution in [2.75, 3.05) is 6.54 Å². The first-order valence-corrected chi connectivity index (χ1v) is 5.18. The van der Waals surface area contributed by atoms with Gasteiger partial charge in [0.15, 0.2) is 0 Å². The number of aromatic nitrogens is 1. The van der Waals surface area contributed by atoms with Crippen LogP contribution < -0.4 is 10.9 Å². The van der Waals surface area contributed by atoms with E-state index in [2.05, 4.69) is 17.2 Å². The first-order chi connectivity index (χ1) is 6.75. The summed E-state index contributed by atoms with van der Waals surface area (Å²) in [4.78, 5) is 13.6. The van der Waals surface area contributed by atoms with Crippen LogP contribution in [0.1, 0.15) is 31.4 Å². The minimum atomic E-state index is -0.0297. The molecular weight excluding hydrogens is 176 g/mol. The first-order valence-electron chi connectivity index (χ1n) is 5.18. The molecule has 1 aliphatic heterocycles. The van der Waals surface area contributed by atoms with E-state index >= 15 is 0 Å². The molecule has 1 aromatic heterocycles. The molecule has 0 radical (unpaired) electrons. The second-order valence-electron chi connectivity index (χ2n) is 4.13. The van der Waals surface area contributed by atoms with Crippen molar-refractivity contribution in [2.45, 2.75) is 25.8 Å². The summed E-state index contributed by atoms with van der Waals surface area (Å²) < 4.78 is 0. The summed E-state index contributed by atoms with van der Waals surface area (Å²) in [7, 11) is 0. The zero-order valence-electron chi connectivity index (χ0n) is 8.42. The van der Waals surface area contributed by atoms with Gasteiger partial charge in [0.2, 0.25) is 5.56 Å². The maximum Gasteiger partial charge on any atom is 0.247 e. The zero-order valence-corrected chi connectivity index (χ0v) is 8.42. The third-order valence-electron chi connectivity index (χ3n) is 2.87. The highest BCUT2D eigenvalue weighted by Gasteiger charge is 2.18. The van der Waals surface area contributed by atoms with E-state index < -0.39 is 0 Å². The van der Waals surface area contributed by atoms with Crippen molar-refractivity contribution in [3.8, 4) is 0 Å². The molecule has 76 valence electrons. The summed E-state index contributed by atoms with van der Waals surface area (Å²) >= 11 is 0. The molecule has 2 atom stereocenters. The van der Waals surface area contributed by atoms with Gasteiger partial charge >= 0.3 is 0 Å². The Morgan fingerprint density at radius 2 is 2.21 bits per heavy atom. The minimum Gasteiger partial charge on any atom is -0.329 e. The van der Waals surface area contributed by atoms with Gasteiger partial charge in [-0.15, -0.1) is 0 Å². The molecule has 2 rings (SSSR count). The van der Waals surface area contributed by atoms with E-state index in [4.69, 9.17) is 0 Å². The van der Waals surface area contributed by atoms with Crippen LogP contribution in [0.2, 0.25) is 0 Å². The molecule has 1 aliphatic rings. The van der Waals surface area contributed by atoms with Crippen LogP contribution in [0.3, 0.4) is 0 Å². The van der Waals surface area contributed by atoms with Gasteiger partial charge in [0.05, 0.1) is 0 Å². The second-order valence-corrected chi connectivity index (χ2v) is 4.13. The zero-order chi connectivity index (χ0) is 9.97. The Kier molecular flexibility index (Phi) is 2.68. The number of hydrogen-bond donors (Lipinski definition) is 2. The van der Waals surface area contributed by atoms with Gasteiger partial charge in [-0.2, -0.15) is 0 Å². The van der Waals surface area contributed by atoms with Crippen LogP contribution in [0.4, 0.5) is 0 Å². The average molecular weight is 192 g/mol. The van der Waals surface area contributed by atoms with Gasteiger partial charge in [0.25, 0.3) is 0 Å². The predicted octanol–water partition coefficient (Wildman–Crippen LogP) is 1.44. The third kappa shape index (κ3) is 2.04. The second kappa shape index (κ2) is 3.96. The maximum atomic E-state index is 10.9. The van der Waals surface area contributed by atoms with Gasteiger partial charge < -0.3 is 10.3 Å². The van der Waals surface area contributed by atoms with Gasteiger partial charge in [-0.05, 0) is 30.9 Å². The Balaban J connectivity index is 2.08. The van der Waals surface area contributed by atoms with Crippen molar-refractivity contribution in [3.63, 3.8) is 0 Å². The highest BCUT2D eigenvalue weighted by molar-refractivity contribution is 5.14. The van der Waals surface area contributed by atoms with E-state index in [1.165, 1.54) is 12.0 Å². The molecule has 1 aromatic rings. The lowest BCUT2D eigenvalue weighted by Gasteiger charge is -2.27. The quantitative estimate of drug-likeness (QED) is 0.707. The summed E-state index contributed by atoms with van der Waals surface area (Å²) in [5.41, 5.74) is 1.16. The highest BCUT2D eigenvalue weighted by Crippen LogP contribution is 2.24. The molecule has 3 heteroatoms. The van der Waals surface area contributed by atoms with Crippen molar-refractivity contribution in [2.24, 2.45) is 5.92 Å². The Hall–Kier alpha value is -1.09. The number of pyridine rings is 1. The molecular formula is C11H16N2O. The van der Waals surface area contributed by atoms with Crippen molar-refractivity contribution < 1.29 is 0 Å². The van der Waals surface area contributed by atoms with Crippen molar-refractivity contribution in [1.82, 2.24) is 10.3 Å². The summed E-state index contributed by atoms with van der Waals surface area (Å²) in [5, 5.41) is 3.48. The summed E-state index contributed by atoms with van der Waals surface area (Å²) in [6.45, 7) is 3.33. The lowest BCUT2D eigenvalue weighted by atomic mass is 9.93. The Labute approximate surface area is 83.5 Å². The molecule has 0 amide bonds. The number of H-pyrrole nitrogens is 1. The van der Waals surface area contributed by atoms with Gasteiger partial charge in [-0.25, -0.2) is 0 Å². The summed E-state index contributed by atoms with van der Waals surface area (Å²) in [5.74, 6) is 0.772. The van der Waals surface area contributed by atoms with Crippen LogP contribution in [0.25, 0.3) is 0 Å². The Bertz CT molecular complexity index is 330. The fourth-order valence-electron chi connectivity index (χ4n) is 1.92. The van der Waals surface area contributed by atoms with Crippen LogP contribution in [0.5, 0.6) is 0 Å². The van der Waals surface area contributed by atoms with E-state index in [1.807, 2.05) is 12.3 Å². The van der Waals surface area contributed by atoms with Crippen molar-refractivity contribution in [3.05, 3.63) is 34.2 Å². The molecule has 2 heterocycles. The number of piperidine rings is 1. The molecule has 0 aromatic carbocycles. The SMILES string of the molecule is CC1CCC(c2ccc(=O)[nH]c2)NC1. The summed E-state index contributed by atoms with van der Waals surface area (Å²) in [6.07, 6.45) is 4.24. The van der Waals surface area contributed by atoms with Crippen LogP contribution >= 0.6 is 0 Å². The van der Waals surface area contributed by atoms with E-state index in [9.17, 15) is 4.79 Å². The lowest BCUT2D eigenvalue weighted by molar-refractivity contribution is 0.332. The molecule has 0 saturated carbocycles. The van der Waals surface area contributed by atoms with E-state index in [0.717, 1.165) is 18.9 Å². The van der Waals surface area contributed by atoms with Gasteiger partial charge in [-0.1, -0.05) is 13.0 Å².